The van der Waals surface area contributed by atoms with Crippen LogP contribution in [0.25, 0.3) is 32.8 Å². The molecule has 0 aliphatic carbocycles. The van der Waals surface area contributed by atoms with Gasteiger partial charge in [-0.15, -0.1) is 0 Å². The lowest BCUT2D eigenvalue weighted by Gasteiger charge is -2.18. The Kier molecular flexibility index (Phi) is 2.03. The summed E-state index contributed by atoms with van der Waals surface area (Å²) in [4.78, 5) is 8.10. The zero-order valence-electron chi connectivity index (χ0n) is 11.2. The van der Waals surface area contributed by atoms with E-state index < -0.39 is 0 Å². The normalized spacial score (nSPS) is 14.1. The van der Waals surface area contributed by atoms with Crippen molar-refractivity contribution in [2.45, 2.75) is 0 Å². The van der Waals surface area contributed by atoms with Crippen molar-refractivity contribution in [1.82, 2.24) is 9.97 Å². The largest absolute Gasteiger partial charge is 0.486 e. The van der Waals surface area contributed by atoms with Gasteiger partial charge in [-0.3, -0.25) is 0 Å². The van der Waals surface area contributed by atoms with Crippen molar-refractivity contribution in [3.63, 3.8) is 0 Å². The maximum Gasteiger partial charge on any atom is 0.163 e. The van der Waals surface area contributed by atoms with Gasteiger partial charge in [-0.05, 0) is 18.2 Å². The number of aromatic amines is 1. The van der Waals surface area contributed by atoms with Gasteiger partial charge in [0.05, 0.1) is 5.52 Å². The van der Waals surface area contributed by atoms with Crippen LogP contribution in [0.1, 0.15) is 0 Å². The quantitative estimate of drug-likeness (QED) is 0.533. The first-order valence-corrected chi connectivity index (χ1v) is 6.99. The number of pyridine rings is 1. The molecule has 0 fully saturated rings. The van der Waals surface area contributed by atoms with Crippen LogP contribution in [0.4, 0.5) is 0 Å². The molecule has 4 aromatic rings. The van der Waals surface area contributed by atoms with E-state index in [2.05, 4.69) is 23.2 Å². The van der Waals surface area contributed by atoms with Crippen molar-refractivity contribution in [2.75, 3.05) is 13.2 Å². The van der Waals surface area contributed by atoms with E-state index in [4.69, 9.17) is 14.5 Å². The van der Waals surface area contributed by atoms with E-state index in [9.17, 15) is 0 Å². The summed E-state index contributed by atoms with van der Waals surface area (Å²) in [6.07, 6.45) is 0. The molecule has 0 saturated heterocycles. The molecule has 1 aliphatic rings. The van der Waals surface area contributed by atoms with Crippen molar-refractivity contribution in [3.8, 4) is 11.5 Å². The highest BCUT2D eigenvalue weighted by Gasteiger charge is 2.14. The minimum absolute atomic E-state index is 0.590. The van der Waals surface area contributed by atoms with E-state index in [0.29, 0.717) is 13.2 Å². The van der Waals surface area contributed by atoms with Gasteiger partial charge in [-0.2, -0.15) is 0 Å². The van der Waals surface area contributed by atoms with Gasteiger partial charge in [0.25, 0.3) is 0 Å². The average molecular weight is 276 g/mol. The van der Waals surface area contributed by atoms with Gasteiger partial charge in [-0.25, -0.2) is 4.98 Å². The van der Waals surface area contributed by atoms with Crippen molar-refractivity contribution in [1.29, 1.82) is 0 Å². The van der Waals surface area contributed by atoms with Crippen molar-refractivity contribution < 1.29 is 9.47 Å². The Labute approximate surface area is 120 Å². The Hall–Kier alpha value is -2.75. The van der Waals surface area contributed by atoms with Gasteiger partial charge < -0.3 is 14.5 Å². The monoisotopic (exact) mass is 276 g/mol. The summed E-state index contributed by atoms with van der Waals surface area (Å²) in [5, 5.41) is 3.39. The Morgan fingerprint density at radius 2 is 1.71 bits per heavy atom. The lowest BCUT2D eigenvalue weighted by atomic mass is 10.1. The summed E-state index contributed by atoms with van der Waals surface area (Å²) in [5.74, 6) is 1.58. The van der Waals surface area contributed by atoms with Gasteiger partial charge in [0.15, 0.2) is 11.5 Å². The molecule has 21 heavy (non-hydrogen) atoms. The number of hydrogen-bond acceptors (Lipinski definition) is 3. The van der Waals surface area contributed by atoms with Gasteiger partial charge in [0, 0.05) is 27.7 Å². The molecule has 4 heteroatoms. The molecular weight excluding hydrogens is 264 g/mol. The molecule has 102 valence electrons. The molecule has 1 N–H and O–H groups in total. The fourth-order valence-electron chi connectivity index (χ4n) is 2.97. The number of benzene rings is 2. The summed E-state index contributed by atoms with van der Waals surface area (Å²) in [6.45, 7) is 1.19. The number of rotatable bonds is 0. The van der Waals surface area contributed by atoms with Gasteiger partial charge >= 0.3 is 0 Å². The summed E-state index contributed by atoms with van der Waals surface area (Å²) in [5.41, 5.74) is 2.92. The SMILES string of the molecule is c1ccc2c(c1)[nH]c1nc3cc4c(cc3cc12)OCCO4. The number of ether oxygens (including phenoxy) is 2. The maximum atomic E-state index is 5.65. The summed E-state index contributed by atoms with van der Waals surface area (Å²) >= 11 is 0. The number of H-pyrrole nitrogens is 1. The molecule has 0 bridgehead atoms. The first-order valence-electron chi connectivity index (χ1n) is 6.99. The molecule has 0 spiro atoms. The molecule has 2 aromatic heterocycles. The Morgan fingerprint density at radius 1 is 0.905 bits per heavy atom. The number of para-hydroxylation sites is 1. The fourth-order valence-corrected chi connectivity index (χ4v) is 2.97. The smallest absolute Gasteiger partial charge is 0.163 e. The molecule has 0 saturated carbocycles. The number of hydrogen-bond donors (Lipinski definition) is 1. The van der Waals surface area contributed by atoms with Gasteiger partial charge in [0.2, 0.25) is 0 Å². The highest BCUT2D eigenvalue weighted by atomic mass is 16.6. The molecular formula is C17H12N2O2. The minimum atomic E-state index is 0.590. The Morgan fingerprint density at radius 3 is 2.62 bits per heavy atom. The number of fused-ring (bicyclic) bond motifs is 5. The van der Waals surface area contributed by atoms with Crippen molar-refractivity contribution >= 4 is 32.8 Å². The molecule has 4 nitrogen and oxygen atoms in total. The predicted molar refractivity (Wildman–Crippen MR) is 82.1 cm³/mol. The second-order valence-electron chi connectivity index (χ2n) is 5.24. The van der Waals surface area contributed by atoms with E-state index in [1.807, 2.05) is 24.3 Å². The Balaban J connectivity index is 1.89. The van der Waals surface area contributed by atoms with Crippen LogP contribution in [-0.2, 0) is 0 Å². The van der Waals surface area contributed by atoms with Crippen LogP contribution >= 0.6 is 0 Å². The average Bonchev–Trinajstić information content (AvgIpc) is 2.88. The summed E-state index contributed by atoms with van der Waals surface area (Å²) in [6, 6.07) is 14.4. The number of aromatic nitrogens is 2. The van der Waals surface area contributed by atoms with Crippen LogP contribution in [0.5, 0.6) is 11.5 Å². The predicted octanol–water partition coefficient (Wildman–Crippen LogP) is 3.64. The molecule has 3 heterocycles. The number of nitrogens with zero attached hydrogens (tertiary/aromatic N) is 1. The minimum Gasteiger partial charge on any atom is -0.486 e. The first kappa shape index (κ1) is 11.0. The van der Waals surface area contributed by atoms with Gasteiger partial charge in [0.1, 0.15) is 18.9 Å². The van der Waals surface area contributed by atoms with Crippen LogP contribution in [-0.4, -0.2) is 23.2 Å². The maximum absolute atomic E-state index is 5.65. The standard InChI is InChI=1S/C17H12N2O2/c1-2-4-13-11(3-1)12-7-10-8-15-16(21-6-5-20-15)9-14(10)19-17(12)18-13/h1-4,7-9H,5-6H2,(H,18,19). The topological polar surface area (TPSA) is 47.1 Å². The van der Waals surface area contributed by atoms with Crippen molar-refractivity contribution in [2.24, 2.45) is 0 Å². The molecule has 0 unspecified atom stereocenters. The second kappa shape index (κ2) is 3.88. The van der Waals surface area contributed by atoms with E-state index in [0.717, 1.165) is 39.0 Å². The lowest BCUT2D eigenvalue weighted by Crippen LogP contribution is -2.15. The highest BCUT2D eigenvalue weighted by Crippen LogP contribution is 2.36. The third-order valence-corrected chi connectivity index (χ3v) is 3.95. The highest BCUT2D eigenvalue weighted by molar-refractivity contribution is 6.09. The zero-order valence-corrected chi connectivity index (χ0v) is 11.2. The zero-order chi connectivity index (χ0) is 13.8. The molecule has 0 amide bonds. The second-order valence-corrected chi connectivity index (χ2v) is 5.24. The van der Waals surface area contributed by atoms with Crippen LogP contribution in [0, 0.1) is 0 Å². The Bertz CT molecular complexity index is 1000. The fraction of sp³-hybridized carbons (Fsp3) is 0.118. The van der Waals surface area contributed by atoms with E-state index in [1.165, 1.54) is 5.39 Å². The van der Waals surface area contributed by atoms with E-state index in [1.54, 1.807) is 0 Å². The van der Waals surface area contributed by atoms with Crippen molar-refractivity contribution in [3.05, 3.63) is 42.5 Å². The molecule has 2 aromatic carbocycles. The van der Waals surface area contributed by atoms with Crippen LogP contribution < -0.4 is 9.47 Å². The van der Waals surface area contributed by atoms with Gasteiger partial charge in [-0.1, -0.05) is 18.2 Å². The molecule has 1 aliphatic heterocycles. The number of nitrogens with one attached hydrogen (secondary N) is 1. The van der Waals surface area contributed by atoms with Crippen LogP contribution in [0.15, 0.2) is 42.5 Å². The van der Waals surface area contributed by atoms with E-state index in [-0.39, 0.29) is 0 Å². The molecule has 0 atom stereocenters. The van der Waals surface area contributed by atoms with E-state index >= 15 is 0 Å². The molecule has 0 radical (unpaired) electrons. The third-order valence-electron chi connectivity index (χ3n) is 3.95. The summed E-state index contributed by atoms with van der Waals surface area (Å²) < 4.78 is 11.3. The first-order chi connectivity index (χ1) is 10.4. The van der Waals surface area contributed by atoms with Crippen LogP contribution in [0.3, 0.4) is 0 Å². The van der Waals surface area contributed by atoms with Crippen LogP contribution in [0.2, 0.25) is 0 Å². The molecule has 5 rings (SSSR count). The lowest BCUT2D eigenvalue weighted by molar-refractivity contribution is 0.172. The third kappa shape index (κ3) is 1.53. The summed E-state index contributed by atoms with van der Waals surface area (Å²) in [7, 11) is 0.